The standard InChI is InChI=1S/C19H18ClFN4O/c1-12-17(13(2)25(24-12)16-5-7-22-8-6-16)10-19(26)23-11-14-3-4-15(21)9-18(14)20/h3-9H,10-11H2,1-2H3,(H,23,26). The topological polar surface area (TPSA) is 59.8 Å². The minimum atomic E-state index is -0.403. The molecule has 134 valence electrons. The number of amides is 1. The van der Waals surface area contributed by atoms with Crippen LogP contribution < -0.4 is 5.32 Å². The second kappa shape index (κ2) is 7.66. The highest BCUT2D eigenvalue weighted by Gasteiger charge is 2.16. The van der Waals surface area contributed by atoms with E-state index in [1.807, 2.05) is 26.0 Å². The number of carbonyl (C=O) groups is 1. The second-order valence-corrected chi connectivity index (χ2v) is 6.36. The van der Waals surface area contributed by atoms with E-state index in [1.54, 1.807) is 23.1 Å². The fourth-order valence-corrected chi connectivity index (χ4v) is 2.98. The Labute approximate surface area is 155 Å². The van der Waals surface area contributed by atoms with Crippen molar-refractivity contribution in [3.05, 3.63) is 76.1 Å². The lowest BCUT2D eigenvalue weighted by atomic mass is 10.1. The molecule has 0 radical (unpaired) electrons. The lowest BCUT2D eigenvalue weighted by molar-refractivity contribution is -0.120. The lowest BCUT2D eigenvalue weighted by Crippen LogP contribution is -2.25. The van der Waals surface area contributed by atoms with Gasteiger partial charge in [0, 0.05) is 35.2 Å². The molecule has 0 spiro atoms. The van der Waals surface area contributed by atoms with Crippen LogP contribution in [0.1, 0.15) is 22.5 Å². The number of aryl methyl sites for hydroxylation is 1. The third-order valence-electron chi connectivity index (χ3n) is 4.18. The Balaban J connectivity index is 1.71. The number of carbonyl (C=O) groups excluding carboxylic acids is 1. The molecule has 5 nitrogen and oxygen atoms in total. The summed E-state index contributed by atoms with van der Waals surface area (Å²) >= 11 is 5.99. The zero-order valence-electron chi connectivity index (χ0n) is 14.5. The number of pyridine rings is 1. The van der Waals surface area contributed by atoms with Crippen LogP contribution in [0.3, 0.4) is 0 Å². The first-order valence-electron chi connectivity index (χ1n) is 8.12. The molecule has 2 aromatic heterocycles. The van der Waals surface area contributed by atoms with Gasteiger partial charge in [0.1, 0.15) is 5.82 Å². The van der Waals surface area contributed by atoms with Crippen molar-refractivity contribution in [3.8, 4) is 5.69 Å². The quantitative estimate of drug-likeness (QED) is 0.745. The molecule has 0 aliphatic rings. The first kappa shape index (κ1) is 18.1. The SMILES string of the molecule is Cc1nn(-c2ccncc2)c(C)c1CC(=O)NCc1ccc(F)cc1Cl. The molecule has 0 atom stereocenters. The number of nitrogens with zero attached hydrogens (tertiary/aromatic N) is 3. The fourth-order valence-electron chi connectivity index (χ4n) is 2.75. The van der Waals surface area contributed by atoms with Crippen molar-refractivity contribution >= 4 is 17.5 Å². The van der Waals surface area contributed by atoms with E-state index >= 15 is 0 Å². The molecule has 1 aromatic carbocycles. The van der Waals surface area contributed by atoms with E-state index in [2.05, 4.69) is 15.4 Å². The van der Waals surface area contributed by atoms with Crippen molar-refractivity contribution in [2.24, 2.45) is 0 Å². The number of hydrogen-bond acceptors (Lipinski definition) is 3. The highest BCUT2D eigenvalue weighted by Crippen LogP contribution is 2.19. The summed E-state index contributed by atoms with van der Waals surface area (Å²) in [5.74, 6) is -0.550. The summed E-state index contributed by atoms with van der Waals surface area (Å²) in [6.07, 6.45) is 3.61. The van der Waals surface area contributed by atoms with Crippen molar-refractivity contribution in [2.45, 2.75) is 26.8 Å². The first-order chi connectivity index (χ1) is 12.5. The monoisotopic (exact) mass is 372 g/mol. The van der Waals surface area contributed by atoms with Crippen molar-refractivity contribution in [2.75, 3.05) is 0 Å². The Morgan fingerprint density at radius 1 is 1.23 bits per heavy atom. The highest BCUT2D eigenvalue weighted by molar-refractivity contribution is 6.31. The molecule has 0 aliphatic heterocycles. The fraction of sp³-hybridized carbons (Fsp3) is 0.211. The average molecular weight is 373 g/mol. The van der Waals surface area contributed by atoms with Crippen LogP contribution in [0.4, 0.5) is 4.39 Å². The van der Waals surface area contributed by atoms with Gasteiger partial charge in [-0.05, 0) is 43.7 Å². The number of aromatic nitrogens is 3. The number of nitrogens with one attached hydrogen (secondary N) is 1. The van der Waals surface area contributed by atoms with Crippen LogP contribution in [0.5, 0.6) is 0 Å². The summed E-state index contributed by atoms with van der Waals surface area (Å²) in [6, 6.07) is 7.84. The van der Waals surface area contributed by atoms with Gasteiger partial charge in [0.2, 0.25) is 5.91 Å². The molecule has 26 heavy (non-hydrogen) atoms. The minimum absolute atomic E-state index is 0.147. The van der Waals surface area contributed by atoms with Gasteiger partial charge in [-0.15, -0.1) is 0 Å². The first-order valence-corrected chi connectivity index (χ1v) is 8.49. The number of rotatable bonds is 5. The summed E-state index contributed by atoms with van der Waals surface area (Å²) in [7, 11) is 0. The molecule has 7 heteroatoms. The Hall–Kier alpha value is -2.73. The highest BCUT2D eigenvalue weighted by atomic mass is 35.5. The van der Waals surface area contributed by atoms with Crippen LogP contribution in [0, 0.1) is 19.7 Å². The molecule has 3 aromatic rings. The molecule has 0 saturated carbocycles. The summed E-state index contributed by atoms with van der Waals surface area (Å²) in [6.45, 7) is 4.05. The Morgan fingerprint density at radius 2 is 1.96 bits per heavy atom. The summed E-state index contributed by atoms with van der Waals surface area (Å²) in [4.78, 5) is 16.3. The van der Waals surface area contributed by atoms with Gasteiger partial charge in [-0.2, -0.15) is 5.10 Å². The largest absolute Gasteiger partial charge is 0.352 e. The third-order valence-corrected chi connectivity index (χ3v) is 4.53. The molecule has 0 aliphatic carbocycles. The zero-order valence-corrected chi connectivity index (χ0v) is 15.2. The van der Waals surface area contributed by atoms with Gasteiger partial charge in [-0.1, -0.05) is 17.7 Å². The van der Waals surface area contributed by atoms with Gasteiger partial charge in [0.25, 0.3) is 0 Å². The van der Waals surface area contributed by atoms with E-state index in [0.29, 0.717) is 10.6 Å². The van der Waals surface area contributed by atoms with Gasteiger partial charge in [-0.25, -0.2) is 9.07 Å². The molecular formula is C19H18ClFN4O. The summed E-state index contributed by atoms with van der Waals surface area (Å²) in [5.41, 5.74) is 4.15. The lowest BCUT2D eigenvalue weighted by Gasteiger charge is -2.08. The van der Waals surface area contributed by atoms with Crippen LogP contribution in [-0.2, 0) is 17.8 Å². The van der Waals surface area contributed by atoms with Gasteiger partial charge in [-0.3, -0.25) is 9.78 Å². The molecule has 2 heterocycles. The molecular weight excluding hydrogens is 355 g/mol. The molecule has 0 fully saturated rings. The molecule has 0 saturated heterocycles. The number of halogens is 2. The predicted octanol–water partition coefficient (Wildman–Crippen LogP) is 3.54. The van der Waals surface area contributed by atoms with Crippen molar-refractivity contribution < 1.29 is 9.18 Å². The number of benzene rings is 1. The normalized spacial score (nSPS) is 10.8. The molecule has 1 amide bonds. The third kappa shape index (κ3) is 3.91. The zero-order chi connectivity index (χ0) is 18.7. The number of hydrogen-bond donors (Lipinski definition) is 1. The van der Waals surface area contributed by atoms with Gasteiger partial charge < -0.3 is 5.32 Å². The van der Waals surface area contributed by atoms with Gasteiger partial charge in [0.15, 0.2) is 0 Å². The molecule has 0 unspecified atom stereocenters. The Morgan fingerprint density at radius 3 is 2.65 bits per heavy atom. The smallest absolute Gasteiger partial charge is 0.224 e. The predicted molar refractivity (Wildman–Crippen MR) is 97.8 cm³/mol. The van der Waals surface area contributed by atoms with Gasteiger partial charge in [0.05, 0.1) is 17.8 Å². The van der Waals surface area contributed by atoms with Crippen LogP contribution in [0.25, 0.3) is 5.69 Å². The van der Waals surface area contributed by atoms with Crippen LogP contribution in [-0.4, -0.2) is 20.7 Å². The van der Waals surface area contributed by atoms with E-state index in [-0.39, 0.29) is 18.9 Å². The van der Waals surface area contributed by atoms with E-state index in [9.17, 15) is 9.18 Å². The minimum Gasteiger partial charge on any atom is -0.352 e. The van der Waals surface area contributed by atoms with E-state index in [0.717, 1.165) is 22.6 Å². The van der Waals surface area contributed by atoms with E-state index < -0.39 is 5.82 Å². The maximum absolute atomic E-state index is 13.1. The Bertz CT molecular complexity index is 940. The van der Waals surface area contributed by atoms with Crippen LogP contribution in [0.2, 0.25) is 5.02 Å². The van der Waals surface area contributed by atoms with Crippen LogP contribution in [0.15, 0.2) is 42.7 Å². The van der Waals surface area contributed by atoms with Crippen molar-refractivity contribution in [1.29, 1.82) is 0 Å². The van der Waals surface area contributed by atoms with Crippen LogP contribution >= 0.6 is 11.6 Å². The summed E-state index contributed by atoms with van der Waals surface area (Å²) in [5, 5.41) is 7.63. The average Bonchev–Trinajstić information content (AvgIpc) is 2.90. The second-order valence-electron chi connectivity index (χ2n) is 5.96. The molecule has 3 rings (SSSR count). The van der Waals surface area contributed by atoms with E-state index in [1.165, 1.54) is 12.1 Å². The van der Waals surface area contributed by atoms with Crippen molar-refractivity contribution in [1.82, 2.24) is 20.1 Å². The Kier molecular flexibility index (Phi) is 5.32. The summed E-state index contributed by atoms with van der Waals surface area (Å²) < 4.78 is 14.9. The molecule has 0 bridgehead atoms. The van der Waals surface area contributed by atoms with Crippen molar-refractivity contribution in [3.63, 3.8) is 0 Å². The molecule has 1 N–H and O–H groups in total. The van der Waals surface area contributed by atoms with E-state index in [4.69, 9.17) is 11.6 Å². The maximum Gasteiger partial charge on any atom is 0.224 e. The maximum atomic E-state index is 13.1. The van der Waals surface area contributed by atoms with Gasteiger partial charge >= 0.3 is 0 Å².